The maximum atomic E-state index is 11.4. The number of nitrogens with zero attached hydrogens (tertiary/aromatic N) is 2. The molecule has 1 saturated heterocycles. The summed E-state index contributed by atoms with van der Waals surface area (Å²) in [6, 6.07) is 14.8. The quantitative estimate of drug-likeness (QED) is 0.575. The second-order valence-corrected chi connectivity index (χ2v) is 8.58. The monoisotopic (exact) mass is 416 g/mol. The number of sulfonamides is 1. The zero-order valence-corrected chi connectivity index (χ0v) is 17.7. The number of aliphatic imine (C=N–C) groups is 1. The van der Waals surface area contributed by atoms with Gasteiger partial charge in [-0.3, -0.25) is 0 Å². The maximum absolute atomic E-state index is 11.4. The van der Waals surface area contributed by atoms with E-state index in [1.807, 2.05) is 19.1 Å². The molecule has 3 rings (SSSR count). The number of nitrogens with one attached hydrogen (secondary N) is 1. The number of morpholine rings is 1. The van der Waals surface area contributed by atoms with Crippen molar-refractivity contribution in [3.8, 4) is 0 Å². The Kier molecular flexibility index (Phi) is 6.89. The van der Waals surface area contributed by atoms with E-state index in [-0.39, 0.29) is 11.0 Å². The van der Waals surface area contributed by atoms with Gasteiger partial charge in [-0.15, -0.1) is 0 Å². The predicted molar refractivity (Wildman–Crippen MR) is 114 cm³/mol. The van der Waals surface area contributed by atoms with Crippen LogP contribution in [0.3, 0.4) is 0 Å². The molecule has 29 heavy (non-hydrogen) atoms. The second kappa shape index (κ2) is 9.39. The average molecular weight is 417 g/mol. The third-order valence-corrected chi connectivity index (χ3v) is 5.83. The van der Waals surface area contributed by atoms with Crippen molar-refractivity contribution in [2.24, 2.45) is 10.1 Å². The standard InChI is InChI=1S/C21H28N4O3S/c1-3-23-21(24-14-17-8-10-18(11-9-17)29(22,26)27)25-12-13-28-20(15-25)19-7-5-4-6-16(19)2/h4-11,20H,3,12-15H2,1-2H3,(H,23,24)(H2,22,26,27). The van der Waals surface area contributed by atoms with Gasteiger partial charge in [-0.1, -0.05) is 36.4 Å². The van der Waals surface area contributed by atoms with Gasteiger partial charge in [-0.2, -0.15) is 0 Å². The molecule has 0 bridgehead atoms. The minimum Gasteiger partial charge on any atom is -0.370 e. The minimum atomic E-state index is -3.68. The lowest BCUT2D eigenvalue weighted by molar-refractivity contribution is -0.00834. The first kappa shape index (κ1) is 21.3. The fourth-order valence-corrected chi connectivity index (χ4v) is 3.87. The number of benzene rings is 2. The number of primary sulfonamides is 1. The molecule has 2 aromatic rings. The fourth-order valence-electron chi connectivity index (χ4n) is 3.35. The van der Waals surface area contributed by atoms with E-state index in [4.69, 9.17) is 14.9 Å². The van der Waals surface area contributed by atoms with E-state index in [2.05, 4.69) is 29.3 Å². The smallest absolute Gasteiger partial charge is 0.238 e. The van der Waals surface area contributed by atoms with Crippen molar-refractivity contribution in [2.45, 2.75) is 31.4 Å². The summed E-state index contributed by atoms with van der Waals surface area (Å²) < 4.78 is 28.8. The highest BCUT2D eigenvalue weighted by Gasteiger charge is 2.25. The number of hydrogen-bond acceptors (Lipinski definition) is 4. The number of ether oxygens (including phenoxy) is 1. The van der Waals surface area contributed by atoms with Gasteiger partial charge in [0.15, 0.2) is 5.96 Å². The van der Waals surface area contributed by atoms with Crippen molar-refractivity contribution in [3.05, 3.63) is 65.2 Å². The normalized spacial score (nSPS) is 18.0. The zero-order chi connectivity index (χ0) is 20.9. The van der Waals surface area contributed by atoms with Crippen LogP contribution in [0.5, 0.6) is 0 Å². The van der Waals surface area contributed by atoms with Crippen LogP contribution in [-0.4, -0.2) is 45.5 Å². The van der Waals surface area contributed by atoms with Crippen LogP contribution in [0, 0.1) is 6.92 Å². The number of guanidine groups is 1. The van der Waals surface area contributed by atoms with Crippen LogP contribution >= 0.6 is 0 Å². The third kappa shape index (κ3) is 5.56. The molecule has 1 atom stereocenters. The van der Waals surface area contributed by atoms with E-state index in [9.17, 15) is 8.42 Å². The largest absolute Gasteiger partial charge is 0.370 e. The second-order valence-electron chi connectivity index (χ2n) is 7.02. The van der Waals surface area contributed by atoms with Crippen LogP contribution < -0.4 is 10.5 Å². The van der Waals surface area contributed by atoms with Crippen molar-refractivity contribution in [3.63, 3.8) is 0 Å². The molecule has 1 fully saturated rings. The van der Waals surface area contributed by atoms with E-state index in [0.717, 1.165) is 31.2 Å². The van der Waals surface area contributed by atoms with Gasteiger partial charge in [0.2, 0.25) is 10.0 Å². The molecule has 1 heterocycles. The van der Waals surface area contributed by atoms with Gasteiger partial charge in [-0.25, -0.2) is 18.5 Å². The van der Waals surface area contributed by atoms with Crippen LogP contribution in [-0.2, 0) is 21.3 Å². The Bertz CT molecular complexity index is 958. The Morgan fingerprint density at radius 3 is 2.62 bits per heavy atom. The maximum Gasteiger partial charge on any atom is 0.238 e. The van der Waals surface area contributed by atoms with Crippen molar-refractivity contribution >= 4 is 16.0 Å². The van der Waals surface area contributed by atoms with Crippen LogP contribution in [0.15, 0.2) is 58.4 Å². The number of aryl methyl sites for hydroxylation is 1. The lowest BCUT2D eigenvalue weighted by Gasteiger charge is -2.35. The molecule has 8 heteroatoms. The Balaban J connectivity index is 1.73. The van der Waals surface area contributed by atoms with Crippen LogP contribution in [0.4, 0.5) is 0 Å². The molecule has 7 nitrogen and oxygen atoms in total. The van der Waals surface area contributed by atoms with Gasteiger partial charge >= 0.3 is 0 Å². The molecule has 156 valence electrons. The van der Waals surface area contributed by atoms with Gasteiger partial charge in [0, 0.05) is 13.1 Å². The van der Waals surface area contributed by atoms with Crippen LogP contribution in [0.1, 0.15) is 29.7 Å². The number of nitrogens with two attached hydrogens (primary N) is 1. The molecule has 1 unspecified atom stereocenters. The van der Waals surface area contributed by atoms with Gasteiger partial charge < -0.3 is 15.0 Å². The van der Waals surface area contributed by atoms with E-state index < -0.39 is 10.0 Å². The first-order valence-electron chi connectivity index (χ1n) is 9.70. The third-order valence-electron chi connectivity index (χ3n) is 4.90. The molecule has 0 spiro atoms. The Hall–Kier alpha value is -2.42. The fraction of sp³-hybridized carbons (Fsp3) is 0.381. The number of rotatable bonds is 5. The molecule has 0 saturated carbocycles. The first-order valence-corrected chi connectivity index (χ1v) is 11.2. The summed E-state index contributed by atoms with van der Waals surface area (Å²) in [6.45, 7) is 7.46. The van der Waals surface area contributed by atoms with Gasteiger partial charge in [0.25, 0.3) is 0 Å². The molecule has 0 radical (unpaired) electrons. The highest BCUT2D eigenvalue weighted by atomic mass is 32.2. The molecule has 2 aromatic carbocycles. The Morgan fingerprint density at radius 1 is 1.24 bits per heavy atom. The molecular weight excluding hydrogens is 388 g/mol. The highest BCUT2D eigenvalue weighted by molar-refractivity contribution is 7.89. The average Bonchev–Trinajstić information content (AvgIpc) is 2.71. The summed E-state index contributed by atoms with van der Waals surface area (Å²) in [5, 5.41) is 8.50. The first-order chi connectivity index (χ1) is 13.9. The van der Waals surface area contributed by atoms with Crippen molar-refractivity contribution in [1.29, 1.82) is 0 Å². The summed E-state index contributed by atoms with van der Waals surface area (Å²) >= 11 is 0. The van der Waals surface area contributed by atoms with Crippen LogP contribution in [0.25, 0.3) is 0 Å². The lowest BCUT2D eigenvalue weighted by atomic mass is 10.0. The van der Waals surface area contributed by atoms with Gasteiger partial charge in [0.05, 0.1) is 24.6 Å². The van der Waals surface area contributed by atoms with E-state index in [1.54, 1.807) is 12.1 Å². The molecular formula is C21H28N4O3S. The SMILES string of the molecule is CCNC(=NCc1ccc(S(N)(=O)=O)cc1)N1CCOC(c2ccccc2C)C1. The van der Waals surface area contributed by atoms with E-state index in [0.29, 0.717) is 13.2 Å². The summed E-state index contributed by atoms with van der Waals surface area (Å²) in [6.07, 6.45) is 0.00264. The lowest BCUT2D eigenvalue weighted by Crippen LogP contribution is -2.48. The molecule has 1 aliphatic rings. The van der Waals surface area contributed by atoms with Crippen LogP contribution in [0.2, 0.25) is 0 Å². The van der Waals surface area contributed by atoms with Crippen molar-refractivity contribution in [2.75, 3.05) is 26.2 Å². The molecule has 0 aliphatic carbocycles. The summed E-state index contributed by atoms with van der Waals surface area (Å²) in [5.74, 6) is 0.824. The molecule has 1 aliphatic heterocycles. The minimum absolute atomic E-state index is 0.00264. The molecule has 0 aromatic heterocycles. The van der Waals surface area contributed by atoms with Gasteiger partial charge in [0.1, 0.15) is 6.10 Å². The summed E-state index contributed by atoms with van der Waals surface area (Å²) in [4.78, 5) is 7.06. The van der Waals surface area contributed by atoms with E-state index >= 15 is 0 Å². The van der Waals surface area contributed by atoms with E-state index in [1.165, 1.54) is 23.3 Å². The van der Waals surface area contributed by atoms with Crippen molar-refractivity contribution in [1.82, 2.24) is 10.2 Å². The summed E-state index contributed by atoms with van der Waals surface area (Å²) in [5.41, 5.74) is 3.33. The highest BCUT2D eigenvalue weighted by Crippen LogP contribution is 2.25. The molecule has 3 N–H and O–H groups in total. The van der Waals surface area contributed by atoms with Crippen molar-refractivity contribution < 1.29 is 13.2 Å². The molecule has 0 amide bonds. The Labute approximate surface area is 172 Å². The zero-order valence-electron chi connectivity index (χ0n) is 16.8. The van der Waals surface area contributed by atoms with Gasteiger partial charge in [-0.05, 0) is 42.7 Å². The summed E-state index contributed by atoms with van der Waals surface area (Å²) in [7, 11) is -3.68. The Morgan fingerprint density at radius 2 is 1.97 bits per heavy atom. The topological polar surface area (TPSA) is 97.0 Å². The predicted octanol–water partition coefficient (Wildman–Crippen LogP) is 2.18. The number of hydrogen-bond donors (Lipinski definition) is 2.